The third kappa shape index (κ3) is 4.79. The van der Waals surface area contributed by atoms with Crippen molar-refractivity contribution >= 4 is 34.7 Å². The predicted octanol–water partition coefficient (Wildman–Crippen LogP) is 5.14. The van der Waals surface area contributed by atoms with E-state index in [0.29, 0.717) is 5.82 Å². The van der Waals surface area contributed by atoms with Gasteiger partial charge in [-0.1, -0.05) is 0 Å². The fraction of sp³-hybridized carbons (Fsp3) is 0.429. The summed E-state index contributed by atoms with van der Waals surface area (Å²) in [5.41, 5.74) is -0.0520. The van der Waals surface area contributed by atoms with Crippen LogP contribution in [-0.2, 0) is 22.0 Å². The average molecular weight is 578 g/mol. The van der Waals surface area contributed by atoms with E-state index in [-0.39, 0.29) is 57.4 Å². The number of rotatable bonds is 8. The summed E-state index contributed by atoms with van der Waals surface area (Å²) in [5.74, 6) is 0.612. The van der Waals surface area contributed by atoms with Crippen LogP contribution in [0.4, 0.5) is 26.4 Å². The second-order valence-corrected chi connectivity index (χ2v) is 11.4. The van der Waals surface area contributed by atoms with E-state index in [4.69, 9.17) is 14.6 Å². The number of imidazole rings is 1. The van der Waals surface area contributed by atoms with E-state index in [1.165, 1.54) is 36.0 Å². The van der Waals surface area contributed by atoms with Crippen LogP contribution in [0.2, 0.25) is 0 Å². The van der Waals surface area contributed by atoms with Gasteiger partial charge < -0.3 is 24.7 Å². The number of carbonyl (C=O) groups excluding carboxylic acids is 1. The summed E-state index contributed by atoms with van der Waals surface area (Å²) in [6, 6.07) is 7.20. The highest BCUT2D eigenvalue weighted by Crippen LogP contribution is 2.53. The number of aryl methyl sites for hydroxylation is 1. The number of amides is 1. The van der Waals surface area contributed by atoms with E-state index in [1.807, 2.05) is 18.5 Å². The molecule has 4 aromatic heterocycles. The van der Waals surface area contributed by atoms with E-state index in [2.05, 4.69) is 31.7 Å². The largest absolute Gasteiger partial charge is 0.455 e. The van der Waals surface area contributed by atoms with Gasteiger partial charge in [0.2, 0.25) is 11.9 Å². The van der Waals surface area contributed by atoms with Gasteiger partial charge in [0.25, 0.3) is 6.43 Å². The zero-order valence-electron chi connectivity index (χ0n) is 23.5. The second kappa shape index (κ2) is 10.0. The molecule has 0 bridgehead atoms. The summed E-state index contributed by atoms with van der Waals surface area (Å²) in [4.78, 5) is 24.1. The molecule has 6 rings (SSSR count). The number of halogens is 2. The fourth-order valence-electron chi connectivity index (χ4n) is 5.55. The summed E-state index contributed by atoms with van der Waals surface area (Å²) in [6.45, 7) is 6.49. The minimum Gasteiger partial charge on any atom is -0.455 e. The van der Waals surface area contributed by atoms with Crippen LogP contribution < -0.4 is 15.4 Å². The molecular formula is C28H29F2N9O3. The maximum atomic E-state index is 14.5. The summed E-state index contributed by atoms with van der Waals surface area (Å²) < 4.78 is 43.5. The number of alkyl halides is 2. The van der Waals surface area contributed by atoms with Crippen molar-refractivity contribution < 1.29 is 23.0 Å². The Bertz CT molecular complexity index is 1730. The van der Waals surface area contributed by atoms with Gasteiger partial charge in [-0.05, 0) is 32.8 Å². The Morgan fingerprint density at radius 3 is 2.67 bits per heavy atom. The number of hydrogen-bond acceptors (Lipinski definition) is 9. The second-order valence-electron chi connectivity index (χ2n) is 11.4. The van der Waals surface area contributed by atoms with Gasteiger partial charge in [0.05, 0.1) is 48.2 Å². The molecule has 2 N–H and O–H groups in total. The first-order valence-electron chi connectivity index (χ1n) is 13.4. The molecule has 1 saturated heterocycles. The topological polar surface area (TPSA) is 145 Å². The van der Waals surface area contributed by atoms with Crippen molar-refractivity contribution in [1.29, 1.82) is 5.26 Å². The predicted molar refractivity (Wildman–Crippen MR) is 148 cm³/mol. The van der Waals surface area contributed by atoms with E-state index in [0.717, 1.165) is 31.7 Å². The van der Waals surface area contributed by atoms with Crippen LogP contribution in [-0.4, -0.2) is 48.4 Å². The maximum Gasteiger partial charge on any atom is 0.269 e. The summed E-state index contributed by atoms with van der Waals surface area (Å²) in [7, 11) is 1.60. The molecule has 5 heterocycles. The van der Waals surface area contributed by atoms with Crippen molar-refractivity contribution in [3.63, 3.8) is 0 Å². The molecule has 1 aliphatic heterocycles. The third-order valence-corrected chi connectivity index (χ3v) is 7.78. The normalized spacial score (nSPS) is 16.2. The van der Waals surface area contributed by atoms with Crippen LogP contribution in [0.5, 0.6) is 11.5 Å². The minimum absolute atomic E-state index is 0.0871. The Balaban J connectivity index is 1.33. The molecule has 12 nitrogen and oxygen atoms in total. The van der Waals surface area contributed by atoms with Gasteiger partial charge in [0, 0.05) is 37.7 Å². The van der Waals surface area contributed by atoms with Crippen molar-refractivity contribution in [1.82, 2.24) is 29.3 Å². The van der Waals surface area contributed by atoms with Gasteiger partial charge in [-0.2, -0.15) is 15.3 Å². The van der Waals surface area contributed by atoms with E-state index >= 15 is 0 Å². The maximum absolute atomic E-state index is 14.5. The molecule has 218 valence electrons. The first-order valence-corrected chi connectivity index (χ1v) is 13.4. The lowest BCUT2D eigenvalue weighted by Gasteiger charge is -2.53. The Kier molecular flexibility index (Phi) is 6.57. The lowest BCUT2D eigenvalue weighted by molar-refractivity contribution is -0.176. The number of carbonyl (C=O) groups is 1. The summed E-state index contributed by atoms with van der Waals surface area (Å²) >= 11 is 0. The molecule has 0 unspecified atom stereocenters. The summed E-state index contributed by atoms with van der Waals surface area (Å²) in [5, 5.41) is 20.3. The third-order valence-electron chi connectivity index (χ3n) is 7.78. The van der Waals surface area contributed by atoms with Crippen molar-refractivity contribution in [3.05, 3.63) is 41.9 Å². The van der Waals surface area contributed by atoms with Gasteiger partial charge >= 0.3 is 0 Å². The van der Waals surface area contributed by atoms with Crippen LogP contribution in [0.15, 0.2) is 30.6 Å². The molecule has 0 atom stereocenters. The smallest absolute Gasteiger partial charge is 0.269 e. The molecule has 1 aliphatic carbocycles. The molecule has 1 saturated carbocycles. The van der Waals surface area contributed by atoms with Crippen LogP contribution >= 0.6 is 0 Å². The van der Waals surface area contributed by atoms with Gasteiger partial charge in [-0.3, -0.25) is 9.48 Å². The van der Waals surface area contributed by atoms with Gasteiger partial charge in [0.1, 0.15) is 17.1 Å². The fourth-order valence-corrected chi connectivity index (χ4v) is 5.55. The summed E-state index contributed by atoms with van der Waals surface area (Å²) in [6.07, 6.45) is 1.52. The Labute approximate surface area is 239 Å². The first-order chi connectivity index (χ1) is 20.0. The standard InChI is InChI=1S/C28H29F2N9O3/c1-15(40)34-20-7-17(5-6-32-20)42-18-11-33-25-23(22(18)24(29)30)38(4)26(36-25)35-21-8-19(27(2,3)12-31)39(37-21)16-9-28(10-16)13-41-14-28/h5-8,11,16,24H,9-10,13-14H2,1-4H3,(H,32,34,40)(H,33,35,36,37). The molecule has 0 aromatic carbocycles. The number of pyridine rings is 2. The van der Waals surface area contributed by atoms with Crippen molar-refractivity contribution in [3.8, 4) is 17.6 Å². The SMILES string of the molecule is CC(=O)Nc1cc(Oc2cnc3nc(Nc4cc(C(C)(C)C#N)n(C5CC6(COC6)C5)n4)n(C)c3c2C(F)F)ccn1. The van der Waals surface area contributed by atoms with Crippen LogP contribution in [0.3, 0.4) is 0 Å². The van der Waals surface area contributed by atoms with Crippen LogP contribution in [0.25, 0.3) is 11.2 Å². The monoisotopic (exact) mass is 577 g/mol. The zero-order valence-corrected chi connectivity index (χ0v) is 23.5. The highest BCUT2D eigenvalue weighted by atomic mass is 19.3. The average Bonchev–Trinajstić information content (AvgIpc) is 3.44. The zero-order chi connectivity index (χ0) is 29.8. The number of anilines is 3. The van der Waals surface area contributed by atoms with E-state index in [9.17, 15) is 18.8 Å². The lowest BCUT2D eigenvalue weighted by atomic mass is 9.64. The quantitative estimate of drug-likeness (QED) is 0.291. The molecule has 4 aromatic rings. The lowest BCUT2D eigenvalue weighted by Crippen LogP contribution is -2.53. The van der Waals surface area contributed by atoms with E-state index in [1.54, 1.807) is 13.1 Å². The van der Waals surface area contributed by atoms with Gasteiger partial charge in [-0.15, -0.1) is 0 Å². The van der Waals surface area contributed by atoms with Gasteiger partial charge in [0.15, 0.2) is 17.2 Å². The molecule has 2 fully saturated rings. The molecule has 0 radical (unpaired) electrons. The number of nitrogens with zero attached hydrogens (tertiary/aromatic N) is 7. The number of nitrogens with one attached hydrogen (secondary N) is 2. The molecule has 14 heteroatoms. The molecule has 1 spiro atoms. The van der Waals surface area contributed by atoms with Crippen molar-refractivity contribution in [2.45, 2.75) is 51.5 Å². The van der Waals surface area contributed by atoms with Gasteiger partial charge in [-0.25, -0.2) is 18.7 Å². The van der Waals surface area contributed by atoms with Crippen LogP contribution in [0.1, 0.15) is 57.3 Å². The van der Waals surface area contributed by atoms with Crippen molar-refractivity contribution in [2.24, 2.45) is 12.5 Å². The number of nitriles is 1. The molecule has 42 heavy (non-hydrogen) atoms. The van der Waals surface area contributed by atoms with E-state index < -0.39 is 11.8 Å². The van der Waals surface area contributed by atoms with Crippen LogP contribution in [0, 0.1) is 16.7 Å². The number of fused-ring (bicyclic) bond motifs is 1. The Hall–Kier alpha value is -4.64. The Morgan fingerprint density at radius 2 is 2.02 bits per heavy atom. The first kappa shape index (κ1) is 27.5. The highest BCUT2D eigenvalue weighted by Gasteiger charge is 2.51. The molecule has 1 amide bonds. The minimum atomic E-state index is -2.91. The Morgan fingerprint density at radius 1 is 1.26 bits per heavy atom. The van der Waals surface area contributed by atoms with Crippen molar-refractivity contribution in [2.75, 3.05) is 23.8 Å². The molecular weight excluding hydrogens is 548 g/mol. The highest BCUT2D eigenvalue weighted by molar-refractivity contribution is 5.87. The molecule has 2 aliphatic rings. The number of aromatic nitrogens is 6. The number of ether oxygens (including phenoxy) is 2. The number of hydrogen-bond donors (Lipinski definition) is 2.